The van der Waals surface area contributed by atoms with Crippen LogP contribution in [-0.2, 0) is 37.7 Å². The van der Waals surface area contributed by atoms with Crippen molar-refractivity contribution in [3.8, 4) is 0 Å². The molecule has 2 amide bonds. The van der Waals surface area contributed by atoms with Crippen molar-refractivity contribution in [3.05, 3.63) is 35.4 Å². The van der Waals surface area contributed by atoms with Gasteiger partial charge in [-0.3, -0.25) is 18.9 Å². The summed E-state index contributed by atoms with van der Waals surface area (Å²) < 4.78 is 30.5. The van der Waals surface area contributed by atoms with Gasteiger partial charge in [-0.25, -0.2) is 4.31 Å². The quantitative estimate of drug-likeness (QED) is 0.222. The molecule has 1 aromatic carbocycles. The molecule has 1 unspecified atom stereocenters. The summed E-state index contributed by atoms with van der Waals surface area (Å²) in [6, 6.07) is 6.22. The molecule has 2 rings (SSSR count). The van der Waals surface area contributed by atoms with E-state index in [1.165, 1.54) is 0 Å². The van der Waals surface area contributed by atoms with Crippen molar-refractivity contribution >= 4 is 28.1 Å². The van der Waals surface area contributed by atoms with Crippen LogP contribution in [0.1, 0.15) is 19.5 Å². The van der Waals surface area contributed by atoms with Gasteiger partial charge in [-0.1, -0.05) is 24.3 Å². The zero-order valence-electron chi connectivity index (χ0n) is 15.4. The Morgan fingerprint density at radius 3 is 2.27 bits per heavy atom. The van der Waals surface area contributed by atoms with Gasteiger partial charge in [0.05, 0.1) is 13.0 Å². The molecule has 12 heteroatoms. The SMILES string of the molecule is CC(=O)O.NCc1ccccc1CC(=O)NC1CN(S(=O)(=O)O)C1=O.[H-].[Na+]. The minimum absolute atomic E-state index is 0. The molecule has 26 heavy (non-hydrogen) atoms. The topological polar surface area (TPSA) is 167 Å². The number of aliphatic carboxylic acids is 1. The van der Waals surface area contributed by atoms with Crippen molar-refractivity contribution < 1.29 is 63.4 Å². The summed E-state index contributed by atoms with van der Waals surface area (Å²) in [5.74, 6) is -2.10. The van der Waals surface area contributed by atoms with Gasteiger partial charge in [0, 0.05) is 13.5 Å². The maximum Gasteiger partial charge on any atom is 1.00 e. The number of hydrogen-bond donors (Lipinski definition) is 4. The summed E-state index contributed by atoms with van der Waals surface area (Å²) in [6.07, 6.45) is 0.0447. The molecule has 0 aromatic heterocycles. The molecule has 1 fully saturated rings. The number of β-lactam (4-membered cyclic amide) rings is 1. The number of carboxylic acid groups (broad SMARTS) is 1. The van der Waals surface area contributed by atoms with E-state index in [1.54, 1.807) is 18.2 Å². The number of amides is 2. The van der Waals surface area contributed by atoms with E-state index in [0.717, 1.165) is 18.1 Å². The number of carbonyl (C=O) groups is 3. The van der Waals surface area contributed by atoms with Crippen LogP contribution in [0.3, 0.4) is 0 Å². The van der Waals surface area contributed by atoms with Gasteiger partial charge in [-0.2, -0.15) is 8.42 Å². The number of hydrogen-bond acceptors (Lipinski definition) is 6. The van der Waals surface area contributed by atoms with E-state index in [9.17, 15) is 18.0 Å². The first kappa shape index (κ1) is 24.5. The molecule has 0 spiro atoms. The normalized spacial score (nSPS) is 15.7. The van der Waals surface area contributed by atoms with E-state index in [1.807, 2.05) is 6.07 Å². The Morgan fingerprint density at radius 2 is 1.85 bits per heavy atom. The van der Waals surface area contributed by atoms with E-state index in [4.69, 9.17) is 20.2 Å². The average molecular weight is 397 g/mol. The average Bonchev–Trinajstić information content (AvgIpc) is 2.49. The van der Waals surface area contributed by atoms with Crippen molar-refractivity contribution in [3.63, 3.8) is 0 Å². The molecule has 0 saturated carbocycles. The monoisotopic (exact) mass is 397 g/mol. The standard InChI is InChI=1S/C12H15N3O5S.C2H4O2.Na.H/c13-6-9-4-2-1-3-8(9)5-11(16)14-10-7-15(12(10)17)21(18,19)20;1-2(3)4;;/h1-4,10H,5-7,13H2,(H,14,16)(H,18,19,20);1H3,(H,3,4);;/q;;+1;-1. The second-order valence-corrected chi connectivity index (χ2v) is 6.47. The minimum Gasteiger partial charge on any atom is -1.00 e. The number of carbonyl (C=O) groups excluding carboxylic acids is 2. The van der Waals surface area contributed by atoms with Crippen LogP contribution in [-0.4, -0.2) is 52.8 Å². The van der Waals surface area contributed by atoms with Crippen LogP contribution in [0.4, 0.5) is 0 Å². The Balaban J connectivity index is 0. The molecule has 10 nitrogen and oxygen atoms in total. The third-order valence-electron chi connectivity index (χ3n) is 3.20. The second-order valence-electron chi connectivity index (χ2n) is 5.14. The van der Waals surface area contributed by atoms with Crippen LogP contribution in [0.2, 0.25) is 0 Å². The molecule has 1 atom stereocenters. The van der Waals surface area contributed by atoms with Gasteiger partial charge in [0.1, 0.15) is 6.04 Å². The molecule has 1 saturated heterocycles. The fraction of sp³-hybridized carbons (Fsp3) is 0.357. The van der Waals surface area contributed by atoms with Crippen LogP contribution in [0, 0.1) is 0 Å². The van der Waals surface area contributed by atoms with Crippen LogP contribution >= 0.6 is 0 Å². The summed E-state index contributed by atoms with van der Waals surface area (Å²) in [5, 5.41) is 9.84. The molecule has 1 aromatic rings. The molecule has 140 valence electrons. The van der Waals surface area contributed by atoms with Gasteiger partial charge >= 0.3 is 39.9 Å². The molecule has 0 radical (unpaired) electrons. The third-order valence-corrected chi connectivity index (χ3v) is 4.08. The Morgan fingerprint density at radius 1 is 1.35 bits per heavy atom. The summed E-state index contributed by atoms with van der Waals surface area (Å²) in [4.78, 5) is 32.3. The molecule has 0 bridgehead atoms. The Labute approximate surface area is 174 Å². The third kappa shape index (κ3) is 7.40. The van der Waals surface area contributed by atoms with Gasteiger partial charge < -0.3 is 17.6 Å². The van der Waals surface area contributed by atoms with Crippen LogP contribution < -0.4 is 40.6 Å². The summed E-state index contributed by atoms with van der Waals surface area (Å²) in [6.45, 7) is 1.12. The molecular formula is C14H20N3NaO7S. The van der Waals surface area contributed by atoms with Crippen molar-refractivity contribution in [2.24, 2.45) is 5.73 Å². The van der Waals surface area contributed by atoms with Crippen LogP contribution in [0.15, 0.2) is 24.3 Å². The predicted molar refractivity (Wildman–Crippen MR) is 87.7 cm³/mol. The van der Waals surface area contributed by atoms with Crippen molar-refractivity contribution in [1.82, 2.24) is 9.62 Å². The zero-order chi connectivity index (χ0) is 19.2. The molecule has 0 aliphatic carbocycles. The largest absolute Gasteiger partial charge is 1.00 e. The summed E-state index contributed by atoms with van der Waals surface area (Å²) in [5.41, 5.74) is 7.14. The Bertz CT molecular complexity index is 772. The number of nitrogens with two attached hydrogens (primary N) is 1. The van der Waals surface area contributed by atoms with E-state index in [-0.39, 0.29) is 43.9 Å². The van der Waals surface area contributed by atoms with Crippen molar-refractivity contribution in [1.29, 1.82) is 0 Å². The van der Waals surface area contributed by atoms with Gasteiger partial charge in [0.25, 0.3) is 11.9 Å². The maximum atomic E-state index is 11.9. The second kappa shape index (κ2) is 10.6. The molecular weight excluding hydrogens is 377 g/mol. The van der Waals surface area contributed by atoms with Crippen LogP contribution in [0.25, 0.3) is 0 Å². The number of nitrogens with one attached hydrogen (secondary N) is 1. The van der Waals surface area contributed by atoms with E-state index in [2.05, 4.69) is 5.32 Å². The fourth-order valence-corrected chi connectivity index (χ4v) is 2.75. The van der Waals surface area contributed by atoms with E-state index in [0.29, 0.717) is 10.8 Å². The first-order valence-electron chi connectivity index (χ1n) is 7.11. The smallest absolute Gasteiger partial charge is 1.00 e. The molecule has 1 aliphatic heterocycles. The van der Waals surface area contributed by atoms with Crippen molar-refractivity contribution in [2.75, 3.05) is 6.54 Å². The van der Waals surface area contributed by atoms with Crippen molar-refractivity contribution in [2.45, 2.75) is 25.9 Å². The maximum absolute atomic E-state index is 11.9. The first-order chi connectivity index (χ1) is 11.6. The Kier molecular flexibility index (Phi) is 9.99. The number of rotatable bonds is 5. The van der Waals surface area contributed by atoms with E-state index >= 15 is 0 Å². The molecule has 1 aliphatic rings. The number of carboxylic acids is 1. The van der Waals surface area contributed by atoms with Crippen LogP contribution in [0.5, 0.6) is 0 Å². The van der Waals surface area contributed by atoms with Gasteiger partial charge in [-0.15, -0.1) is 0 Å². The number of nitrogens with zero attached hydrogens (tertiary/aromatic N) is 1. The van der Waals surface area contributed by atoms with E-state index < -0.39 is 34.1 Å². The number of benzene rings is 1. The zero-order valence-corrected chi connectivity index (χ0v) is 17.2. The molecule has 5 N–H and O–H groups in total. The van der Waals surface area contributed by atoms with Gasteiger partial charge in [0.2, 0.25) is 5.91 Å². The molecule has 1 heterocycles. The van der Waals surface area contributed by atoms with Gasteiger partial charge in [0.15, 0.2) is 0 Å². The Hall–Kier alpha value is -1.50. The van der Waals surface area contributed by atoms with Gasteiger partial charge in [-0.05, 0) is 11.1 Å². The summed E-state index contributed by atoms with van der Waals surface area (Å²) in [7, 11) is -4.54. The minimum atomic E-state index is -4.54. The summed E-state index contributed by atoms with van der Waals surface area (Å²) >= 11 is 0. The first-order valence-corrected chi connectivity index (χ1v) is 8.50. The predicted octanol–water partition coefficient (Wildman–Crippen LogP) is -3.97. The fourth-order valence-electron chi connectivity index (χ4n) is 2.06.